The Morgan fingerprint density at radius 2 is 1.70 bits per heavy atom. The molecular weight excluding hydrogens is 373 g/mol. The van der Waals surface area contributed by atoms with Gasteiger partial charge in [-0.2, -0.15) is 13.2 Å². The van der Waals surface area contributed by atoms with E-state index in [1.54, 1.807) is 0 Å². The summed E-state index contributed by atoms with van der Waals surface area (Å²) in [5.41, 5.74) is -1.73. The summed E-state index contributed by atoms with van der Waals surface area (Å²) < 4.78 is 55.3. The SMILES string of the molecule is COc1cc(C(OC(=O)N2CCCCC2)C(F)(F)F)c([N+](=O)[O-])cc1OC. The fourth-order valence-electron chi connectivity index (χ4n) is 2.81. The number of piperidine rings is 1. The minimum absolute atomic E-state index is 0.115. The van der Waals surface area contributed by atoms with Gasteiger partial charge in [0.2, 0.25) is 6.10 Å². The number of hydrogen-bond donors (Lipinski definition) is 0. The highest BCUT2D eigenvalue weighted by Gasteiger charge is 2.48. The van der Waals surface area contributed by atoms with E-state index >= 15 is 0 Å². The van der Waals surface area contributed by atoms with E-state index in [0.717, 1.165) is 23.5 Å². The van der Waals surface area contributed by atoms with E-state index in [9.17, 15) is 28.1 Å². The fourth-order valence-corrected chi connectivity index (χ4v) is 2.81. The van der Waals surface area contributed by atoms with E-state index in [-0.39, 0.29) is 24.6 Å². The fraction of sp³-hybridized carbons (Fsp3) is 0.562. The van der Waals surface area contributed by atoms with E-state index in [1.807, 2.05) is 0 Å². The molecule has 0 radical (unpaired) electrons. The van der Waals surface area contributed by atoms with Crippen molar-refractivity contribution >= 4 is 11.8 Å². The Kier molecular flexibility index (Phi) is 6.34. The maximum absolute atomic E-state index is 13.6. The van der Waals surface area contributed by atoms with E-state index in [2.05, 4.69) is 4.74 Å². The van der Waals surface area contributed by atoms with Crippen LogP contribution >= 0.6 is 0 Å². The third-order valence-corrected chi connectivity index (χ3v) is 4.14. The van der Waals surface area contributed by atoms with Crippen molar-refractivity contribution < 1.29 is 37.1 Å². The zero-order valence-electron chi connectivity index (χ0n) is 14.7. The number of alkyl halides is 3. The molecule has 1 aliphatic rings. The normalized spacial score (nSPS) is 15.8. The Balaban J connectivity index is 2.46. The molecule has 0 N–H and O–H groups in total. The van der Waals surface area contributed by atoms with Crippen LogP contribution in [0.1, 0.15) is 30.9 Å². The first kappa shape index (κ1) is 20.6. The Labute approximate surface area is 152 Å². The average Bonchev–Trinajstić information content (AvgIpc) is 2.64. The summed E-state index contributed by atoms with van der Waals surface area (Å²) in [5.74, 6) is -0.266. The van der Waals surface area contributed by atoms with Crippen molar-refractivity contribution in [3.8, 4) is 11.5 Å². The van der Waals surface area contributed by atoms with E-state index in [0.29, 0.717) is 12.8 Å². The van der Waals surface area contributed by atoms with Gasteiger partial charge in [-0.25, -0.2) is 4.79 Å². The van der Waals surface area contributed by atoms with Crippen LogP contribution in [-0.2, 0) is 4.74 Å². The highest BCUT2D eigenvalue weighted by Crippen LogP contribution is 2.44. The van der Waals surface area contributed by atoms with Crippen molar-refractivity contribution in [2.45, 2.75) is 31.5 Å². The molecule has 11 heteroatoms. The van der Waals surface area contributed by atoms with Crippen molar-refractivity contribution in [3.63, 3.8) is 0 Å². The Morgan fingerprint density at radius 1 is 1.15 bits per heavy atom. The molecule has 8 nitrogen and oxygen atoms in total. The van der Waals surface area contributed by atoms with E-state index in [4.69, 9.17) is 9.47 Å². The lowest BCUT2D eigenvalue weighted by atomic mass is 10.1. The first-order chi connectivity index (χ1) is 12.7. The van der Waals surface area contributed by atoms with Gasteiger partial charge < -0.3 is 19.1 Å². The zero-order chi connectivity index (χ0) is 20.2. The molecule has 1 saturated heterocycles. The number of likely N-dealkylation sites (tertiary alicyclic amines) is 1. The molecule has 1 aromatic rings. The van der Waals surface area contributed by atoms with Gasteiger partial charge in [-0.1, -0.05) is 0 Å². The summed E-state index contributed by atoms with van der Waals surface area (Å²) in [6.07, 6.45) is -6.86. The van der Waals surface area contributed by atoms with Crippen LogP contribution in [-0.4, -0.2) is 49.4 Å². The number of nitro groups is 1. The maximum atomic E-state index is 13.6. The summed E-state index contributed by atoms with van der Waals surface area (Å²) in [7, 11) is 2.37. The lowest BCUT2D eigenvalue weighted by molar-refractivity contribution is -0.387. The predicted octanol–water partition coefficient (Wildman–Crippen LogP) is 3.84. The monoisotopic (exact) mass is 392 g/mol. The molecule has 27 heavy (non-hydrogen) atoms. The van der Waals surface area contributed by atoms with Crippen LogP contribution in [0.4, 0.5) is 23.7 Å². The number of carbonyl (C=O) groups excluding carboxylic acids is 1. The Bertz CT molecular complexity index is 704. The summed E-state index contributed by atoms with van der Waals surface area (Å²) >= 11 is 0. The minimum atomic E-state index is -5.06. The first-order valence-corrected chi connectivity index (χ1v) is 8.11. The molecule has 1 unspecified atom stereocenters. The molecule has 0 aliphatic carbocycles. The summed E-state index contributed by atoms with van der Waals surface area (Å²) in [6, 6.07) is 1.61. The molecule has 1 amide bonds. The van der Waals surface area contributed by atoms with Crippen LogP contribution < -0.4 is 9.47 Å². The Morgan fingerprint density at radius 3 is 2.19 bits per heavy atom. The number of carbonyl (C=O) groups is 1. The molecular formula is C16H19F3N2O6. The molecule has 1 aromatic carbocycles. The van der Waals surface area contributed by atoms with Crippen LogP contribution in [0.25, 0.3) is 0 Å². The van der Waals surface area contributed by atoms with Gasteiger partial charge in [0.05, 0.1) is 30.8 Å². The number of nitrogens with zero attached hydrogens (tertiary/aromatic N) is 2. The van der Waals surface area contributed by atoms with Gasteiger partial charge in [0.25, 0.3) is 5.69 Å². The molecule has 0 bridgehead atoms. The zero-order valence-corrected chi connectivity index (χ0v) is 14.7. The largest absolute Gasteiger partial charge is 0.493 e. The van der Waals surface area contributed by atoms with Gasteiger partial charge in [0, 0.05) is 13.1 Å². The third kappa shape index (κ3) is 4.72. The smallest absolute Gasteiger partial charge is 0.430 e. The molecule has 150 valence electrons. The lowest BCUT2D eigenvalue weighted by Crippen LogP contribution is -2.39. The number of hydrogen-bond acceptors (Lipinski definition) is 6. The molecule has 1 heterocycles. The topological polar surface area (TPSA) is 91.1 Å². The number of nitro benzene ring substituents is 1. The highest BCUT2D eigenvalue weighted by molar-refractivity contribution is 5.68. The number of amides is 1. The van der Waals surface area contributed by atoms with Gasteiger partial charge in [-0.3, -0.25) is 10.1 Å². The van der Waals surface area contributed by atoms with Gasteiger partial charge in [0.15, 0.2) is 11.5 Å². The van der Waals surface area contributed by atoms with Crippen LogP contribution in [0.5, 0.6) is 11.5 Å². The van der Waals surface area contributed by atoms with Crippen LogP contribution in [0.15, 0.2) is 12.1 Å². The molecule has 2 rings (SSSR count). The summed E-state index contributed by atoms with van der Waals surface area (Å²) in [4.78, 5) is 23.6. The Hall–Kier alpha value is -2.72. The third-order valence-electron chi connectivity index (χ3n) is 4.14. The van der Waals surface area contributed by atoms with Gasteiger partial charge in [-0.15, -0.1) is 0 Å². The number of rotatable bonds is 5. The standard InChI is InChI=1S/C16H19F3N2O6/c1-25-12-8-10(11(21(23)24)9-13(12)26-2)14(16(17,18)19)27-15(22)20-6-4-3-5-7-20/h8-9,14H,3-7H2,1-2H3. The van der Waals surface area contributed by atoms with Crippen molar-refractivity contribution in [2.75, 3.05) is 27.3 Å². The minimum Gasteiger partial charge on any atom is -0.493 e. The summed E-state index contributed by atoms with van der Waals surface area (Å²) in [6.45, 7) is 0.550. The quantitative estimate of drug-likeness (QED) is 0.559. The second kappa shape index (κ2) is 8.31. The van der Waals surface area contributed by atoms with Crippen LogP contribution in [0, 0.1) is 10.1 Å². The number of methoxy groups -OCH3 is 2. The van der Waals surface area contributed by atoms with E-state index in [1.165, 1.54) is 14.2 Å². The van der Waals surface area contributed by atoms with Crippen molar-refractivity contribution in [1.29, 1.82) is 0 Å². The van der Waals surface area contributed by atoms with Gasteiger partial charge in [0.1, 0.15) is 0 Å². The van der Waals surface area contributed by atoms with Gasteiger partial charge >= 0.3 is 12.3 Å². The average molecular weight is 392 g/mol. The number of ether oxygens (including phenoxy) is 3. The maximum Gasteiger partial charge on any atom is 0.430 e. The molecule has 1 aliphatic heterocycles. The molecule has 0 saturated carbocycles. The highest BCUT2D eigenvalue weighted by atomic mass is 19.4. The number of benzene rings is 1. The second-order valence-corrected chi connectivity index (χ2v) is 5.88. The lowest BCUT2D eigenvalue weighted by Gasteiger charge is -2.29. The second-order valence-electron chi connectivity index (χ2n) is 5.88. The van der Waals surface area contributed by atoms with Crippen molar-refractivity contribution in [2.24, 2.45) is 0 Å². The first-order valence-electron chi connectivity index (χ1n) is 8.11. The summed E-state index contributed by atoms with van der Waals surface area (Å²) in [5, 5.41) is 11.3. The van der Waals surface area contributed by atoms with Crippen molar-refractivity contribution in [1.82, 2.24) is 4.90 Å². The van der Waals surface area contributed by atoms with Gasteiger partial charge in [-0.05, 0) is 25.3 Å². The molecule has 0 aromatic heterocycles. The van der Waals surface area contributed by atoms with Crippen LogP contribution in [0.3, 0.4) is 0 Å². The molecule has 0 spiro atoms. The molecule has 1 atom stereocenters. The van der Waals surface area contributed by atoms with Crippen molar-refractivity contribution in [3.05, 3.63) is 27.8 Å². The van der Waals surface area contributed by atoms with Crippen LogP contribution in [0.2, 0.25) is 0 Å². The molecule has 1 fully saturated rings. The van der Waals surface area contributed by atoms with E-state index < -0.39 is 34.5 Å². The number of halogens is 3. The predicted molar refractivity (Wildman–Crippen MR) is 86.9 cm³/mol.